The van der Waals surface area contributed by atoms with Crippen LogP contribution in [0.3, 0.4) is 0 Å². The fourth-order valence-electron chi connectivity index (χ4n) is 1.30. The van der Waals surface area contributed by atoms with Crippen molar-refractivity contribution in [3.05, 3.63) is 28.2 Å². The third-order valence-electron chi connectivity index (χ3n) is 2.78. The van der Waals surface area contributed by atoms with Crippen LogP contribution in [0.5, 0.6) is 5.75 Å². The second-order valence-corrected chi connectivity index (χ2v) is 4.97. The third-order valence-corrected chi connectivity index (χ3v) is 3.42. The van der Waals surface area contributed by atoms with E-state index in [-0.39, 0.29) is 24.3 Å². The molecule has 0 heterocycles. The second-order valence-electron chi connectivity index (χ2n) is 4.12. The fraction of sp³-hybridized carbons (Fsp3) is 0.500. The minimum absolute atomic E-state index is 0.188. The van der Waals surface area contributed by atoms with Crippen LogP contribution in [0.2, 0.25) is 0 Å². The molecule has 0 aliphatic heterocycles. The first kappa shape index (κ1) is 13.5. The molecule has 1 aromatic rings. The SMILES string of the molecule is CC(CO)C(C)NCc1ccc(O)c(Br)c1. The molecule has 0 bridgehead atoms. The van der Waals surface area contributed by atoms with Crippen LogP contribution in [-0.2, 0) is 6.54 Å². The summed E-state index contributed by atoms with van der Waals surface area (Å²) in [7, 11) is 0. The topological polar surface area (TPSA) is 52.5 Å². The number of phenols is 1. The molecule has 16 heavy (non-hydrogen) atoms. The summed E-state index contributed by atoms with van der Waals surface area (Å²) in [6.07, 6.45) is 0. The van der Waals surface area contributed by atoms with Gasteiger partial charge < -0.3 is 15.5 Å². The van der Waals surface area contributed by atoms with Crippen LogP contribution in [0, 0.1) is 5.92 Å². The summed E-state index contributed by atoms with van der Waals surface area (Å²) in [6.45, 7) is 4.97. The minimum atomic E-state index is 0.188. The van der Waals surface area contributed by atoms with Crippen molar-refractivity contribution in [3.8, 4) is 5.75 Å². The number of nitrogens with one attached hydrogen (secondary N) is 1. The Morgan fingerprint density at radius 1 is 1.38 bits per heavy atom. The maximum atomic E-state index is 9.35. The largest absolute Gasteiger partial charge is 0.507 e. The summed E-state index contributed by atoms with van der Waals surface area (Å²) in [5.41, 5.74) is 1.10. The van der Waals surface area contributed by atoms with Crippen molar-refractivity contribution >= 4 is 15.9 Å². The second kappa shape index (κ2) is 6.23. The van der Waals surface area contributed by atoms with Gasteiger partial charge in [-0.1, -0.05) is 13.0 Å². The number of hydrogen-bond acceptors (Lipinski definition) is 3. The lowest BCUT2D eigenvalue weighted by Crippen LogP contribution is -2.33. The number of aliphatic hydroxyl groups excluding tert-OH is 1. The van der Waals surface area contributed by atoms with Crippen molar-refractivity contribution in [2.24, 2.45) is 5.92 Å². The molecule has 4 heteroatoms. The van der Waals surface area contributed by atoms with Crippen molar-refractivity contribution in [1.82, 2.24) is 5.32 Å². The monoisotopic (exact) mass is 287 g/mol. The Morgan fingerprint density at radius 2 is 2.06 bits per heavy atom. The van der Waals surface area contributed by atoms with Crippen LogP contribution in [0.25, 0.3) is 0 Å². The number of aromatic hydroxyl groups is 1. The average molecular weight is 288 g/mol. The predicted molar refractivity (Wildman–Crippen MR) is 68.4 cm³/mol. The van der Waals surface area contributed by atoms with Crippen LogP contribution in [0.4, 0.5) is 0 Å². The molecular formula is C12H18BrNO2. The van der Waals surface area contributed by atoms with E-state index in [0.29, 0.717) is 4.47 Å². The standard InChI is InChI=1S/C12H18BrNO2/c1-8(7-15)9(2)14-6-10-3-4-12(16)11(13)5-10/h3-5,8-9,14-16H,6-7H2,1-2H3. The zero-order valence-electron chi connectivity index (χ0n) is 9.57. The predicted octanol–water partition coefficient (Wildman–Crippen LogP) is 2.26. The molecule has 1 aromatic carbocycles. The lowest BCUT2D eigenvalue weighted by Gasteiger charge is -2.19. The molecule has 0 spiro atoms. The molecule has 3 N–H and O–H groups in total. The molecule has 3 nitrogen and oxygen atoms in total. The molecule has 0 amide bonds. The first-order chi connectivity index (χ1) is 7.54. The van der Waals surface area contributed by atoms with Crippen molar-refractivity contribution in [2.75, 3.05) is 6.61 Å². The third kappa shape index (κ3) is 3.77. The lowest BCUT2D eigenvalue weighted by molar-refractivity contribution is 0.207. The van der Waals surface area contributed by atoms with Gasteiger partial charge in [0.05, 0.1) is 4.47 Å². The van der Waals surface area contributed by atoms with E-state index in [9.17, 15) is 5.11 Å². The van der Waals surface area contributed by atoms with E-state index in [2.05, 4.69) is 28.2 Å². The van der Waals surface area contributed by atoms with Gasteiger partial charge in [0.2, 0.25) is 0 Å². The Labute approximate surface area is 105 Å². The number of phenolic OH excluding ortho intramolecular Hbond substituents is 1. The number of rotatable bonds is 5. The zero-order chi connectivity index (χ0) is 12.1. The molecule has 0 aliphatic rings. The Morgan fingerprint density at radius 3 is 2.62 bits per heavy atom. The Hall–Kier alpha value is -0.580. The summed E-state index contributed by atoms with van der Waals surface area (Å²) in [4.78, 5) is 0. The highest BCUT2D eigenvalue weighted by Crippen LogP contribution is 2.24. The van der Waals surface area contributed by atoms with Gasteiger partial charge in [-0.3, -0.25) is 0 Å². The number of benzene rings is 1. The molecular weight excluding hydrogens is 270 g/mol. The van der Waals surface area contributed by atoms with E-state index >= 15 is 0 Å². The summed E-state index contributed by atoms with van der Waals surface area (Å²) in [5, 5.41) is 21.7. The summed E-state index contributed by atoms with van der Waals surface area (Å²) in [5.74, 6) is 0.487. The van der Waals surface area contributed by atoms with Gasteiger partial charge in [-0.2, -0.15) is 0 Å². The van der Waals surface area contributed by atoms with Crippen molar-refractivity contribution in [3.63, 3.8) is 0 Å². The molecule has 0 radical (unpaired) electrons. The van der Waals surface area contributed by atoms with Crippen LogP contribution < -0.4 is 5.32 Å². The number of hydrogen-bond donors (Lipinski definition) is 3. The smallest absolute Gasteiger partial charge is 0.129 e. The van der Waals surface area contributed by atoms with Gasteiger partial charge in [0.1, 0.15) is 5.75 Å². The van der Waals surface area contributed by atoms with Gasteiger partial charge in [-0.25, -0.2) is 0 Å². The molecule has 0 saturated heterocycles. The highest BCUT2D eigenvalue weighted by atomic mass is 79.9. The summed E-state index contributed by atoms with van der Waals surface area (Å²) in [6, 6.07) is 5.70. The molecule has 2 atom stereocenters. The highest BCUT2D eigenvalue weighted by molar-refractivity contribution is 9.10. The quantitative estimate of drug-likeness (QED) is 0.779. The van der Waals surface area contributed by atoms with Crippen molar-refractivity contribution in [2.45, 2.75) is 26.4 Å². The van der Waals surface area contributed by atoms with Crippen LogP contribution in [-0.4, -0.2) is 22.9 Å². The number of aliphatic hydroxyl groups is 1. The lowest BCUT2D eigenvalue weighted by atomic mass is 10.0. The average Bonchev–Trinajstić information content (AvgIpc) is 2.29. The van der Waals surface area contributed by atoms with Gasteiger partial charge in [-0.15, -0.1) is 0 Å². The normalized spacial score (nSPS) is 14.8. The molecule has 0 saturated carbocycles. The maximum Gasteiger partial charge on any atom is 0.129 e. The molecule has 0 aromatic heterocycles. The van der Waals surface area contributed by atoms with E-state index in [1.807, 2.05) is 19.1 Å². The van der Waals surface area contributed by atoms with Gasteiger partial charge in [0, 0.05) is 19.2 Å². The summed E-state index contributed by atoms with van der Waals surface area (Å²) < 4.78 is 0.703. The molecule has 90 valence electrons. The Bertz CT molecular complexity index is 344. The van der Waals surface area contributed by atoms with E-state index < -0.39 is 0 Å². The van der Waals surface area contributed by atoms with E-state index in [1.165, 1.54) is 0 Å². The van der Waals surface area contributed by atoms with Crippen LogP contribution >= 0.6 is 15.9 Å². The van der Waals surface area contributed by atoms with Gasteiger partial charge in [0.25, 0.3) is 0 Å². The van der Waals surface area contributed by atoms with Gasteiger partial charge in [-0.05, 0) is 46.5 Å². The van der Waals surface area contributed by atoms with Crippen LogP contribution in [0.15, 0.2) is 22.7 Å². The van der Waals surface area contributed by atoms with Gasteiger partial charge >= 0.3 is 0 Å². The van der Waals surface area contributed by atoms with Crippen molar-refractivity contribution < 1.29 is 10.2 Å². The zero-order valence-corrected chi connectivity index (χ0v) is 11.2. The first-order valence-electron chi connectivity index (χ1n) is 5.36. The maximum absolute atomic E-state index is 9.35. The Kier molecular flexibility index (Phi) is 5.25. The van der Waals surface area contributed by atoms with Crippen molar-refractivity contribution in [1.29, 1.82) is 0 Å². The first-order valence-corrected chi connectivity index (χ1v) is 6.15. The summed E-state index contributed by atoms with van der Waals surface area (Å²) >= 11 is 3.28. The highest BCUT2D eigenvalue weighted by Gasteiger charge is 2.10. The molecule has 2 unspecified atom stereocenters. The molecule has 0 aliphatic carbocycles. The van der Waals surface area contributed by atoms with Crippen LogP contribution in [0.1, 0.15) is 19.4 Å². The molecule has 1 rings (SSSR count). The Balaban J connectivity index is 2.51. The number of halogens is 1. The van der Waals surface area contributed by atoms with E-state index in [0.717, 1.165) is 12.1 Å². The van der Waals surface area contributed by atoms with E-state index in [4.69, 9.17) is 5.11 Å². The van der Waals surface area contributed by atoms with Gasteiger partial charge in [0.15, 0.2) is 0 Å². The molecule has 0 fully saturated rings. The van der Waals surface area contributed by atoms with E-state index in [1.54, 1.807) is 6.07 Å². The minimum Gasteiger partial charge on any atom is -0.507 e. The fourth-order valence-corrected chi connectivity index (χ4v) is 1.72.